The summed E-state index contributed by atoms with van der Waals surface area (Å²) in [5.41, 5.74) is -1.84. The molecule has 1 aromatic carbocycles. The third-order valence-electron chi connectivity index (χ3n) is 5.16. The lowest BCUT2D eigenvalue weighted by Crippen LogP contribution is -2.50. The van der Waals surface area contributed by atoms with Crippen molar-refractivity contribution in [3.8, 4) is 6.07 Å². The third-order valence-corrected chi connectivity index (χ3v) is 7.77. The van der Waals surface area contributed by atoms with Crippen molar-refractivity contribution >= 4 is 33.4 Å². The van der Waals surface area contributed by atoms with Crippen LogP contribution in [-0.4, -0.2) is 54.3 Å². The molecule has 1 N–H and O–H groups in total. The van der Waals surface area contributed by atoms with E-state index in [2.05, 4.69) is 5.32 Å². The van der Waals surface area contributed by atoms with Crippen LogP contribution in [-0.2, 0) is 19.4 Å². The van der Waals surface area contributed by atoms with Gasteiger partial charge in [-0.3, -0.25) is 9.69 Å². The standard InChI is InChI=1S/C20H23ClFN3O5S/c1-19(2,3)30-18(27)25-10-13(9-15(25)17(26)24-20(11-23)6-7-20)31(28,29)16-5-4-12(22)8-14(16)21/h4-5,8,13,15H,6-7,9-10H2,1-3H3,(H,24,26)/t13-,15+/m1/s1. The fourth-order valence-electron chi connectivity index (χ4n) is 3.39. The van der Waals surface area contributed by atoms with Gasteiger partial charge in [-0.05, 0) is 58.2 Å². The van der Waals surface area contributed by atoms with Crippen LogP contribution in [0.2, 0.25) is 5.02 Å². The zero-order valence-corrected chi connectivity index (χ0v) is 18.9. The molecule has 2 atom stereocenters. The molecule has 3 rings (SSSR count). The maximum atomic E-state index is 13.4. The number of benzene rings is 1. The number of hydrogen-bond acceptors (Lipinski definition) is 6. The molecule has 1 saturated heterocycles. The Morgan fingerprint density at radius 3 is 2.52 bits per heavy atom. The summed E-state index contributed by atoms with van der Waals surface area (Å²) in [6.07, 6.45) is -0.0667. The van der Waals surface area contributed by atoms with E-state index < -0.39 is 50.1 Å². The topological polar surface area (TPSA) is 117 Å². The van der Waals surface area contributed by atoms with Crippen LogP contribution in [0.15, 0.2) is 23.1 Å². The number of carbonyl (C=O) groups excluding carboxylic acids is 2. The van der Waals surface area contributed by atoms with Gasteiger partial charge in [0, 0.05) is 6.54 Å². The Balaban J connectivity index is 1.90. The van der Waals surface area contributed by atoms with Crippen molar-refractivity contribution in [1.29, 1.82) is 5.26 Å². The van der Waals surface area contributed by atoms with Gasteiger partial charge in [-0.15, -0.1) is 0 Å². The molecule has 1 aliphatic carbocycles. The van der Waals surface area contributed by atoms with Gasteiger partial charge in [0.05, 0.1) is 21.2 Å². The molecule has 31 heavy (non-hydrogen) atoms. The highest BCUT2D eigenvalue weighted by molar-refractivity contribution is 7.92. The fraction of sp³-hybridized carbons (Fsp3) is 0.550. The molecule has 2 amide bonds. The molecule has 2 aliphatic rings. The van der Waals surface area contributed by atoms with Crippen LogP contribution >= 0.6 is 11.6 Å². The molecule has 1 aromatic rings. The lowest BCUT2D eigenvalue weighted by atomic mass is 10.2. The summed E-state index contributed by atoms with van der Waals surface area (Å²) in [4.78, 5) is 26.4. The van der Waals surface area contributed by atoms with Gasteiger partial charge < -0.3 is 10.1 Å². The highest BCUT2D eigenvalue weighted by Gasteiger charge is 2.51. The molecule has 0 unspecified atom stereocenters. The third kappa shape index (κ3) is 4.93. The summed E-state index contributed by atoms with van der Waals surface area (Å²) in [5.74, 6) is -1.30. The van der Waals surface area contributed by atoms with Crippen LogP contribution in [0, 0.1) is 17.1 Å². The first-order valence-electron chi connectivity index (χ1n) is 9.70. The van der Waals surface area contributed by atoms with Crippen molar-refractivity contribution in [1.82, 2.24) is 10.2 Å². The van der Waals surface area contributed by atoms with Crippen molar-refractivity contribution in [2.75, 3.05) is 6.54 Å². The molecular weight excluding hydrogens is 449 g/mol. The van der Waals surface area contributed by atoms with Gasteiger partial charge >= 0.3 is 6.09 Å². The first-order valence-corrected chi connectivity index (χ1v) is 11.6. The van der Waals surface area contributed by atoms with Crippen LogP contribution in [0.25, 0.3) is 0 Å². The molecule has 11 heteroatoms. The SMILES string of the molecule is CC(C)(C)OC(=O)N1C[C@H](S(=O)(=O)c2ccc(F)cc2Cl)C[C@H]1C(=O)NC1(C#N)CC1. The number of rotatable bonds is 4. The Morgan fingerprint density at radius 1 is 1.35 bits per heavy atom. The Labute approximate surface area is 185 Å². The van der Waals surface area contributed by atoms with E-state index in [1.807, 2.05) is 6.07 Å². The molecule has 1 heterocycles. The summed E-state index contributed by atoms with van der Waals surface area (Å²) < 4.78 is 45.1. The molecule has 2 fully saturated rings. The van der Waals surface area contributed by atoms with Gasteiger partial charge in [0.15, 0.2) is 9.84 Å². The lowest BCUT2D eigenvalue weighted by Gasteiger charge is -2.28. The van der Waals surface area contributed by atoms with Gasteiger partial charge in [-0.2, -0.15) is 5.26 Å². The second kappa shape index (κ2) is 7.95. The van der Waals surface area contributed by atoms with E-state index in [9.17, 15) is 27.7 Å². The van der Waals surface area contributed by atoms with Gasteiger partial charge in [-0.25, -0.2) is 17.6 Å². The van der Waals surface area contributed by atoms with E-state index in [4.69, 9.17) is 16.3 Å². The van der Waals surface area contributed by atoms with Gasteiger partial charge in [0.1, 0.15) is 23.0 Å². The maximum absolute atomic E-state index is 13.4. The largest absolute Gasteiger partial charge is 0.444 e. The van der Waals surface area contributed by atoms with Gasteiger partial charge in [-0.1, -0.05) is 11.6 Å². The number of halogens is 2. The second-order valence-corrected chi connectivity index (χ2v) is 11.4. The summed E-state index contributed by atoms with van der Waals surface area (Å²) >= 11 is 5.95. The van der Waals surface area contributed by atoms with E-state index in [0.29, 0.717) is 12.8 Å². The second-order valence-electron chi connectivity index (χ2n) is 8.81. The van der Waals surface area contributed by atoms with Crippen LogP contribution in [0.1, 0.15) is 40.0 Å². The van der Waals surface area contributed by atoms with E-state index in [1.165, 1.54) is 0 Å². The predicted octanol–water partition coefficient (Wildman–Crippen LogP) is 2.80. The zero-order chi connectivity index (χ0) is 23.2. The molecule has 1 saturated carbocycles. The van der Waals surface area contributed by atoms with Gasteiger partial charge in [0.2, 0.25) is 5.91 Å². The smallest absolute Gasteiger partial charge is 0.411 e. The average molecular weight is 472 g/mol. The number of carbonyl (C=O) groups is 2. The van der Waals surface area contributed by atoms with Gasteiger partial charge in [0.25, 0.3) is 0 Å². The first kappa shape index (κ1) is 23.3. The highest BCUT2D eigenvalue weighted by Crippen LogP contribution is 2.36. The Kier molecular flexibility index (Phi) is 5.97. The van der Waals surface area contributed by atoms with Crippen LogP contribution in [0.5, 0.6) is 0 Å². The summed E-state index contributed by atoms with van der Waals surface area (Å²) in [6.45, 7) is 4.65. The summed E-state index contributed by atoms with van der Waals surface area (Å²) in [7, 11) is -4.09. The number of nitrogens with one attached hydrogen (secondary N) is 1. The predicted molar refractivity (Wildman–Crippen MR) is 109 cm³/mol. The van der Waals surface area contributed by atoms with E-state index in [0.717, 1.165) is 23.1 Å². The number of ether oxygens (including phenoxy) is 1. The first-order chi connectivity index (χ1) is 14.3. The van der Waals surface area contributed by atoms with E-state index in [-0.39, 0.29) is 22.9 Å². The molecule has 168 valence electrons. The number of nitrogens with zero attached hydrogens (tertiary/aromatic N) is 2. The number of nitriles is 1. The molecule has 0 radical (unpaired) electrons. The minimum absolute atomic E-state index is 0.206. The fourth-order valence-corrected chi connectivity index (χ4v) is 5.62. The monoisotopic (exact) mass is 471 g/mol. The lowest BCUT2D eigenvalue weighted by molar-refractivity contribution is -0.126. The quantitative estimate of drug-likeness (QED) is 0.675. The summed E-state index contributed by atoms with van der Waals surface area (Å²) in [6, 6.07) is 3.83. The molecule has 1 aliphatic heterocycles. The molecule has 0 bridgehead atoms. The Hall–Kier alpha value is -2.38. The minimum Gasteiger partial charge on any atom is -0.444 e. The number of hydrogen-bond donors (Lipinski definition) is 1. The van der Waals surface area contributed by atoms with Crippen LogP contribution < -0.4 is 5.32 Å². The number of amides is 2. The van der Waals surface area contributed by atoms with Crippen LogP contribution in [0.4, 0.5) is 9.18 Å². The van der Waals surface area contributed by atoms with Crippen molar-refractivity contribution in [3.63, 3.8) is 0 Å². The zero-order valence-electron chi connectivity index (χ0n) is 17.3. The Bertz CT molecular complexity index is 1060. The van der Waals surface area contributed by atoms with Crippen molar-refractivity contribution in [3.05, 3.63) is 29.0 Å². The van der Waals surface area contributed by atoms with E-state index in [1.54, 1.807) is 20.8 Å². The maximum Gasteiger partial charge on any atom is 0.411 e. The Morgan fingerprint density at radius 2 is 2.00 bits per heavy atom. The van der Waals surface area contributed by atoms with Crippen molar-refractivity contribution in [2.45, 2.75) is 67.4 Å². The molecule has 8 nitrogen and oxygen atoms in total. The normalized spacial score (nSPS) is 22.5. The molecular formula is C20H23ClFN3O5S. The number of likely N-dealkylation sites (tertiary alicyclic amines) is 1. The molecule has 0 spiro atoms. The highest BCUT2D eigenvalue weighted by atomic mass is 35.5. The minimum atomic E-state index is -4.09. The number of sulfone groups is 1. The van der Waals surface area contributed by atoms with E-state index >= 15 is 0 Å². The van der Waals surface area contributed by atoms with Crippen molar-refractivity contribution < 1.29 is 27.1 Å². The van der Waals surface area contributed by atoms with Crippen LogP contribution in [0.3, 0.4) is 0 Å². The van der Waals surface area contributed by atoms with Crippen molar-refractivity contribution in [2.24, 2.45) is 0 Å². The molecule has 0 aromatic heterocycles. The average Bonchev–Trinajstić information content (AvgIpc) is 3.25. The summed E-state index contributed by atoms with van der Waals surface area (Å²) in [5, 5.41) is 10.4.